The molecule has 0 aliphatic heterocycles. The molecule has 0 spiro atoms. The lowest BCUT2D eigenvalue weighted by Gasteiger charge is -2.13. The number of nitrogens with zero attached hydrogens (tertiary/aromatic N) is 1. The molecule has 0 aliphatic carbocycles. The first-order chi connectivity index (χ1) is 7.22. The molecule has 0 atom stereocenters. The molecular formula is C11H18N2O2. The van der Waals surface area contributed by atoms with Crippen molar-refractivity contribution in [3.63, 3.8) is 0 Å². The van der Waals surface area contributed by atoms with Crippen molar-refractivity contribution in [2.24, 2.45) is 0 Å². The highest BCUT2D eigenvalue weighted by atomic mass is 16.7. The van der Waals surface area contributed by atoms with E-state index in [0.29, 0.717) is 6.61 Å². The lowest BCUT2D eigenvalue weighted by molar-refractivity contribution is -0.110. The lowest BCUT2D eigenvalue weighted by atomic mass is 10.3. The van der Waals surface area contributed by atoms with E-state index in [4.69, 9.17) is 15.3 Å². The summed E-state index contributed by atoms with van der Waals surface area (Å²) < 4.78 is 5.52. The third-order valence-electron chi connectivity index (χ3n) is 2.08. The van der Waals surface area contributed by atoms with Gasteiger partial charge >= 0.3 is 0 Å². The zero-order valence-electron chi connectivity index (χ0n) is 9.27. The summed E-state index contributed by atoms with van der Waals surface area (Å²) in [6.07, 6.45) is 0.925. The zero-order chi connectivity index (χ0) is 11.1. The summed E-state index contributed by atoms with van der Waals surface area (Å²) in [5.74, 6) is 0.851. The number of nitrogens with two attached hydrogens (primary N) is 1. The predicted molar refractivity (Wildman–Crippen MR) is 60.6 cm³/mol. The van der Waals surface area contributed by atoms with Gasteiger partial charge in [0.25, 0.3) is 0 Å². The molecule has 0 fully saturated rings. The van der Waals surface area contributed by atoms with Gasteiger partial charge in [-0.2, -0.15) is 5.06 Å². The normalized spacial score (nSPS) is 10.6. The van der Waals surface area contributed by atoms with Gasteiger partial charge < -0.3 is 15.3 Å². The minimum atomic E-state index is 0.678. The molecule has 2 N–H and O–H groups in total. The van der Waals surface area contributed by atoms with Crippen LogP contribution in [0.4, 0.5) is 5.69 Å². The molecule has 0 heterocycles. The average Bonchev–Trinajstić information content (AvgIpc) is 2.26. The average molecular weight is 210 g/mol. The molecule has 84 valence electrons. The predicted octanol–water partition coefficient (Wildman–Crippen LogP) is 1.53. The number of rotatable bonds is 6. The van der Waals surface area contributed by atoms with Gasteiger partial charge in [-0.3, -0.25) is 0 Å². The molecule has 0 saturated heterocycles. The van der Waals surface area contributed by atoms with E-state index in [2.05, 4.69) is 0 Å². The van der Waals surface area contributed by atoms with Gasteiger partial charge in [-0.05, 0) is 30.7 Å². The third-order valence-corrected chi connectivity index (χ3v) is 2.08. The second-order valence-electron chi connectivity index (χ2n) is 3.31. The molecule has 1 rings (SSSR count). The summed E-state index contributed by atoms with van der Waals surface area (Å²) in [4.78, 5) is 4.98. The van der Waals surface area contributed by atoms with Gasteiger partial charge in [0.15, 0.2) is 0 Å². The Hall–Kier alpha value is -1.26. The van der Waals surface area contributed by atoms with Gasteiger partial charge in [-0.1, -0.05) is 0 Å². The Balaban J connectivity index is 2.17. The van der Waals surface area contributed by atoms with Crippen LogP contribution in [0.15, 0.2) is 24.3 Å². The Morgan fingerprint density at radius 2 is 1.93 bits per heavy atom. The Bertz CT molecular complexity index is 274. The van der Waals surface area contributed by atoms with E-state index >= 15 is 0 Å². The largest absolute Gasteiger partial charge is 0.494 e. The zero-order valence-corrected chi connectivity index (χ0v) is 9.27. The molecular weight excluding hydrogens is 192 g/mol. The number of hydrogen-bond acceptors (Lipinski definition) is 4. The van der Waals surface area contributed by atoms with Gasteiger partial charge in [0.05, 0.1) is 13.7 Å². The maximum Gasteiger partial charge on any atom is 0.119 e. The molecule has 1 aromatic rings. The Morgan fingerprint density at radius 1 is 1.27 bits per heavy atom. The van der Waals surface area contributed by atoms with Crippen LogP contribution in [0.5, 0.6) is 5.75 Å². The van der Waals surface area contributed by atoms with Crippen LogP contribution in [0, 0.1) is 0 Å². The molecule has 1 aromatic carbocycles. The number of hydrogen-bond donors (Lipinski definition) is 1. The Morgan fingerprint density at radius 3 is 2.53 bits per heavy atom. The van der Waals surface area contributed by atoms with Crippen molar-refractivity contribution in [2.75, 3.05) is 33.0 Å². The summed E-state index contributed by atoms with van der Waals surface area (Å²) >= 11 is 0. The molecule has 0 radical (unpaired) electrons. The lowest BCUT2D eigenvalue weighted by Crippen LogP contribution is -2.19. The van der Waals surface area contributed by atoms with Gasteiger partial charge in [-0.15, -0.1) is 0 Å². The Kier molecular flexibility index (Phi) is 4.93. The smallest absolute Gasteiger partial charge is 0.119 e. The van der Waals surface area contributed by atoms with Crippen LogP contribution >= 0.6 is 0 Å². The topological polar surface area (TPSA) is 47.7 Å². The fraction of sp³-hybridized carbons (Fsp3) is 0.455. The first-order valence-corrected chi connectivity index (χ1v) is 4.96. The summed E-state index contributed by atoms with van der Waals surface area (Å²) in [5.41, 5.74) is 6.31. The number of hydroxylamine groups is 2. The summed E-state index contributed by atoms with van der Waals surface area (Å²) in [5, 5.41) is 1.77. The van der Waals surface area contributed by atoms with Crippen LogP contribution < -0.4 is 10.5 Å². The molecule has 15 heavy (non-hydrogen) atoms. The molecule has 0 amide bonds. The van der Waals surface area contributed by atoms with Crippen molar-refractivity contribution >= 4 is 5.69 Å². The fourth-order valence-corrected chi connectivity index (χ4v) is 1.13. The maximum atomic E-state index is 5.56. The van der Waals surface area contributed by atoms with Crippen LogP contribution in [0.25, 0.3) is 0 Å². The van der Waals surface area contributed by atoms with Crippen molar-refractivity contribution in [3.8, 4) is 5.75 Å². The van der Waals surface area contributed by atoms with Gasteiger partial charge in [-0.25, -0.2) is 0 Å². The second-order valence-corrected chi connectivity index (χ2v) is 3.31. The van der Waals surface area contributed by atoms with Crippen molar-refractivity contribution in [2.45, 2.75) is 6.42 Å². The first-order valence-electron chi connectivity index (χ1n) is 4.96. The molecule has 0 aliphatic rings. The minimum absolute atomic E-state index is 0.678. The Labute approximate surface area is 90.5 Å². The summed E-state index contributed by atoms with van der Waals surface area (Å²) in [6, 6.07) is 7.40. The number of anilines is 1. The van der Waals surface area contributed by atoms with Crippen molar-refractivity contribution in [1.29, 1.82) is 0 Å². The van der Waals surface area contributed by atoms with E-state index in [9.17, 15) is 0 Å². The summed E-state index contributed by atoms with van der Waals surface area (Å²) in [6.45, 7) is 1.53. The third kappa shape index (κ3) is 4.67. The van der Waals surface area contributed by atoms with Crippen LogP contribution in [0.1, 0.15) is 6.42 Å². The molecule has 0 aromatic heterocycles. The first kappa shape index (κ1) is 11.8. The maximum absolute atomic E-state index is 5.56. The SMILES string of the molecule is CON(C)CCCOc1ccc(N)cc1. The van der Waals surface area contributed by atoms with E-state index in [1.165, 1.54) is 0 Å². The van der Waals surface area contributed by atoms with E-state index < -0.39 is 0 Å². The highest BCUT2D eigenvalue weighted by Crippen LogP contribution is 2.13. The number of benzene rings is 1. The van der Waals surface area contributed by atoms with Crippen LogP contribution in [0.2, 0.25) is 0 Å². The molecule has 4 nitrogen and oxygen atoms in total. The van der Waals surface area contributed by atoms with E-state index in [0.717, 1.165) is 24.4 Å². The highest BCUT2D eigenvalue weighted by Gasteiger charge is 1.96. The van der Waals surface area contributed by atoms with E-state index in [1.54, 1.807) is 12.2 Å². The standard InChI is InChI=1S/C11H18N2O2/c1-13(14-2)8-3-9-15-11-6-4-10(12)5-7-11/h4-7H,3,8-9,12H2,1-2H3. The van der Waals surface area contributed by atoms with Crippen molar-refractivity contribution < 1.29 is 9.57 Å². The fourth-order valence-electron chi connectivity index (χ4n) is 1.13. The van der Waals surface area contributed by atoms with Gasteiger partial charge in [0, 0.05) is 19.3 Å². The quantitative estimate of drug-likeness (QED) is 0.439. The highest BCUT2D eigenvalue weighted by molar-refractivity contribution is 5.41. The molecule has 4 heteroatoms. The molecule has 0 unspecified atom stereocenters. The van der Waals surface area contributed by atoms with Crippen molar-refractivity contribution in [3.05, 3.63) is 24.3 Å². The second kappa shape index (κ2) is 6.27. The molecule has 0 saturated carbocycles. The number of nitrogen functional groups attached to an aromatic ring is 1. The van der Waals surface area contributed by atoms with Gasteiger partial charge in [0.2, 0.25) is 0 Å². The van der Waals surface area contributed by atoms with Gasteiger partial charge in [0.1, 0.15) is 5.75 Å². The van der Waals surface area contributed by atoms with Crippen LogP contribution in [-0.2, 0) is 4.84 Å². The van der Waals surface area contributed by atoms with E-state index in [-0.39, 0.29) is 0 Å². The minimum Gasteiger partial charge on any atom is -0.494 e. The molecule has 0 bridgehead atoms. The van der Waals surface area contributed by atoms with E-state index in [1.807, 2.05) is 31.3 Å². The van der Waals surface area contributed by atoms with Crippen molar-refractivity contribution in [1.82, 2.24) is 5.06 Å². The monoisotopic (exact) mass is 210 g/mol. The summed E-state index contributed by atoms with van der Waals surface area (Å²) in [7, 11) is 3.55. The van der Waals surface area contributed by atoms with Crippen LogP contribution in [-0.4, -0.2) is 32.4 Å². The number of ether oxygens (including phenoxy) is 1. The van der Waals surface area contributed by atoms with Crippen LogP contribution in [0.3, 0.4) is 0 Å².